The lowest BCUT2D eigenvalue weighted by molar-refractivity contribution is 0.102. The number of amides is 1. The zero-order chi connectivity index (χ0) is 16.1. The lowest BCUT2D eigenvalue weighted by Crippen LogP contribution is -2.14. The normalized spacial score (nSPS) is 10.3. The van der Waals surface area contributed by atoms with Crippen molar-refractivity contribution in [3.8, 4) is 11.4 Å². The van der Waals surface area contributed by atoms with Gasteiger partial charge in [0, 0.05) is 0 Å². The first-order valence-electron chi connectivity index (χ1n) is 7.29. The standard InChI is InChI=1S/C17H16N4O2/c1-2-23-16-11-7-6-10-14(16)19-17(22)15-12-18-21(20-15)13-8-4-3-5-9-13/h3-12H,2H2,1H3,(H,19,22). The molecular weight excluding hydrogens is 292 g/mol. The van der Waals surface area contributed by atoms with E-state index in [1.54, 1.807) is 12.1 Å². The topological polar surface area (TPSA) is 69.0 Å². The number of anilines is 1. The van der Waals surface area contributed by atoms with E-state index >= 15 is 0 Å². The summed E-state index contributed by atoms with van der Waals surface area (Å²) in [7, 11) is 0. The first-order valence-corrected chi connectivity index (χ1v) is 7.29. The van der Waals surface area contributed by atoms with Crippen LogP contribution in [0.15, 0.2) is 60.8 Å². The van der Waals surface area contributed by atoms with Gasteiger partial charge in [-0.2, -0.15) is 9.90 Å². The van der Waals surface area contributed by atoms with Crippen molar-refractivity contribution in [3.63, 3.8) is 0 Å². The van der Waals surface area contributed by atoms with Crippen LogP contribution in [0, 0.1) is 0 Å². The van der Waals surface area contributed by atoms with E-state index in [-0.39, 0.29) is 11.6 Å². The van der Waals surface area contributed by atoms with Crippen molar-refractivity contribution in [2.75, 3.05) is 11.9 Å². The second kappa shape index (κ2) is 6.74. The molecule has 1 heterocycles. The molecule has 0 atom stereocenters. The van der Waals surface area contributed by atoms with Crippen molar-refractivity contribution in [2.45, 2.75) is 6.92 Å². The second-order valence-electron chi connectivity index (χ2n) is 4.74. The van der Waals surface area contributed by atoms with E-state index in [1.807, 2.05) is 49.4 Å². The minimum atomic E-state index is -0.334. The number of nitrogens with zero attached hydrogens (tertiary/aromatic N) is 3. The molecule has 1 N–H and O–H groups in total. The Bertz CT molecular complexity index is 799. The third-order valence-corrected chi connectivity index (χ3v) is 3.15. The van der Waals surface area contributed by atoms with Crippen molar-refractivity contribution in [2.24, 2.45) is 0 Å². The van der Waals surface area contributed by atoms with Crippen LogP contribution in [0.3, 0.4) is 0 Å². The Morgan fingerprint density at radius 3 is 2.65 bits per heavy atom. The molecule has 3 aromatic rings. The fourth-order valence-electron chi connectivity index (χ4n) is 2.09. The molecule has 0 aliphatic carbocycles. The smallest absolute Gasteiger partial charge is 0.277 e. The highest BCUT2D eigenvalue weighted by Gasteiger charge is 2.13. The van der Waals surface area contributed by atoms with Crippen LogP contribution in [0.1, 0.15) is 17.4 Å². The van der Waals surface area contributed by atoms with Crippen molar-refractivity contribution in [1.29, 1.82) is 0 Å². The monoisotopic (exact) mass is 308 g/mol. The third-order valence-electron chi connectivity index (χ3n) is 3.15. The number of benzene rings is 2. The molecule has 0 aliphatic heterocycles. The average molecular weight is 308 g/mol. The molecular formula is C17H16N4O2. The Hall–Kier alpha value is -3.15. The predicted octanol–water partition coefficient (Wildman–Crippen LogP) is 2.92. The highest BCUT2D eigenvalue weighted by Crippen LogP contribution is 2.24. The van der Waals surface area contributed by atoms with Crippen molar-refractivity contribution < 1.29 is 9.53 Å². The fraction of sp³-hybridized carbons (Fsp3) is 0.118. The van der Waals surface area contributed by atoms with E-state index in [1.165, 1.54) is 11.0 Å². The van der Waals surface area contributed by atoms with Gasteiger partial charge in [0.1, 0.15) is 5.75 Å². The zero-order valence-electron chi connectivity index (χ0n) is 12.6. The molecule has 0 spiro atoms. The van der Waals surface area contributed by atoms with Gasteiger partial charge in [-0.15, -0.1) is 5.10 Å². The summed E-state index contributed by atoms with van der Waals surface area (Å²) in [4.78, 5) is 13.8. The Balaban J connectivity index is 1.78. The summed E-state index contributed by atoms with van der Waals surface area (Å²) >= 11 is 0. The number of ether oxygens (including phenoxy) is 1. The number of para-hydroxylation sites is 3. The highest BCUT2D eigenvalue weighted by molar-refractivity contribution is 6.03. The molecule has 6 nitrogen and oxygen atoms in total. The molecule has 1 aromatic heterocycles. The molecule has 23 heavy (non-hydrogen) atoms. The SMILES string of the molecule is CCOc1ccccc1NC(=O)c1cnn(-c2ccccc2)n1. The van der Waals surface area contributed by atoms with Gasteiger partial charge in [-0.1, -0.05) is 30.3 Å². The zero-order valence-corrected chi connectivity index (χ0v) is 12.6. The molecule has 3 rings (SSSR count). The van der Waals surface area contributed by atoms with Crippen molar-refractivity contribution in [3.05, 3.63) is 66.5 Å². The van der Waals surface area contributed by atoms with Crippen LogP contribution in [0.2, 0.25) is 0 Å². The molecule has 0 saturated heterocycles. The van der Waals surface area contributed by atoms with E-state index in [2.05, 4.69) is 15.5 Å². The summed E-state index contributed by atoms with van der Waals surface area (Å²) in [5.74, 6) is 0.290. The minimum Gasteiger partial charge on any atom is -0.492 e. The Kier molecular flexibility index (Phi) is 4.33. The minimum absolute atomic E-state index is 0.236. The van der Waals surface area contributed by atoms with E-state index in [9.17, 15) is 4.79 Å². The van der Waals surface area contributed by atoms with Crippen molar-refractivity contribution >= 4 is 11.6 Å². The van der Waals surface area contributed by atoms with E-state index in [0.717, 1.165) is 5.69 Å². The molecule has 2 aromatic carbocycles. The van der Waals surface area contributed by atoms with E-state index in [4.69, 9.17) is 4.74 Å². The number of aromatic nitrogens is 3. The van der Waals surface area contributed by atoms with E-state index < -0.39 is 0 Å². The van der Waals surface area contributed by atoms with Crippen LogP contribution < -0.4 is 10.1 Å². The van der Waals surface area contributed by atoms with Gasteiger partial charge in [-0.05, 0) is 31.2 Å². The van der Waals surface area contributed by atoms with Gasteiger partial charge in [0.2, 0.25) is 0 Å². The van der Waals surface area contributed by atoms with Gasteiger partial charge in [0.15, 0.2) is 5.69 Å². The molecule has 0 unspecified atom stereocenters. The maximum Gasteiger partial charge on any atom is 0.277 e. The van der Waals surface area contributed by atoms with Gasteiger partial charge < -0.3 is 10.1 Å². The van der Waals surface area contributed by atoms with Crippen LogP contribution in [0.4, 0.5) is 5.69 Å². The Morgan fingerprint density at radius 1 is 1.13 bits per heavy atom. The van der Waals surface area contributed by atoms with Crippen LogP contribution >= 0.6 is 0 Å². The van der Waals surface area contributed by atoms with Crippen LogP contribution in [0.5, 0.6) is 5.75 Å². The summed E-state index contributed by atoms with van der Waals surface area (Å²) in [6.07, 6.45) is 1.44. The lowest BCUT2D eigenvalue weighted by atomic mass is 10.3. The number of hydrogen-bond donors (Lipinski definition) is 1. The molecule has 116 valence electrons. The van der Waals surface area contributed by atoms with Gasteiger partial charge in [0.05, 0.1) is 24.2 Å². The second-order valence-corrected chi connectivity index (χ2v) is 4.74. The molecule has 0 saturated carbocycles. The molecule has 0 bridgehead atoms. The summed E-state index contributed by atoms with van der Waals surface area (Å²) in [6, 6.07) is 16.7. The maximum atomic E-state index is 12.3. The summed E-state index contributed by atoms with van der Waals surface area (Å²) in [5, 5.41) is 11.1. The predicted molar refractivity (Wildman–Crippen MR) is 86.9 cm³/mol. The molecule has 6 heteroatoms. The number of rotatable bonds is 5. The summed E-state index contributed by atoms with van der Waals surface area (Å²) in [6.45, 7) is 2.42. The first-order chi connectivity index (χ1) is 11.3. The lowest BCUT2D eigenvalue weighted by Gasteiger charge is -2.10. The fourth-order valence-corrected chi connectivity index (χ4v) is 2.09. The first kappa shape index (κ1) is 14.8. The number of hydrogen-bond acceptors (Lipinski definition) is 4. The largest absolute Gasteiger partial charge is 0.492 e. The molecule has 0 fully saturated rings. The molecule has 0 radical (unpaired) electrons. The van der Waals surface area contributed by atoms with Crippen molar-refractivity contribution in [1.82, 2.24) is 15.0 Å². The number of carbonyl (C=O) groups excluding carboxylic acids is 1. The van der Waals surface area contributed by atoms with Crippen LogP contribution in [-0.2, 0) is 0 Å². The average Bonchev–Trinajstić information content (AvgIpc) is 3.08. The van der Waals surface area contributed by atoms with Gasteiger partial charge in [-0.25, -0.2) is 0 Å². The highest BCUT2D eigenvalue weighted by atomic mass is 16.5. The van der Waals surface area contributed by atoms with Crippen LogP contribution in [-0.4, -0.2) is 27.5 Å². The Labute approximate surface area is 133 Å². The maximum absolute atomic E-state index is 12.3. The summed E-state index contributed by atoms with van der Waals surface area (Å²) < 4.78 is 5.49. The number of nitrogens with one attached hydrogen (secondary N) is 1. The van der Waals surface area contributed by atoms with Gasteiger partial charge >= 0.3 is 0 Å². The summed E-state index contributed by atoms with van der Waals surface area (Å²) in [5.41, 5.74) is 1.63. The van der Waals surface area contributed by atoms with Gasteiger partial charge in [0.25, 0.3) is 5.91 Å². The quantitative estimate of drug-likeness (QED) is 0.787. The third kappa shape index (κ3) is 3.37. The Morgan fingerprint density at radius 2 is 1.87 bits per heavy atom. The van der Waals surface area contributed by atoms with Gasteiger partial charge in [-0.3, -0.25) is 4.79 Å². The van der Waals surface area contributed by atoms with E-state index in [0.29, 0.717) is 18.0 Å². The van der Waals surface area contributed by atoms with Crippen LogP contribution in [0.25, 0.3) is 5.69 Å². The molecule has 0 aliphatic rings. The molecule has 1 amide bonds. The number of carbonyl (C=O) groups is 1.